The smallest absolute Gasteiger partial charge is 0.305 e. The molecule has 0 aromatic carbocycles. The molecule has 0 heterocycles. The molecule has 75 heavy (non-hydrogen) atoms. The number of esters is 1. The average molecular weight is 1060 g/mol. The van der Waals surface area contributed by atoms with Gasteiger partial charge in [-0.05, 0) is 77.0 Å². The largest absolute Gasteiger partial charge is 0.466 e. The molecule has 0 fully saturated rings. The molecule has 2 unspecified atom stereocenters. The van der Waals surface area contributed by atoms with Crippen molar-refractivity contribution in [1.82, 2.24) is 5.32 Å². The Balaban J connectivity index is 3.32. The molecule has 444 valence electrons. The van der Waals surface area contributed by atoms with Crippen molar-refractivity contribution in [2.75, 3.05) is 13.2 Å². The molecule has 6 nitrogen and oxygen atoms in total. The molecule has 1 amide bonds. The number of carbonyl (C=O) groups excluding carboxylic acids is 2. The molecule has 0 aromatic heterocycles. The van der Waals surface area contributed by atoms with Gasteiger partial charge in [-0.25, -0.2) is 0 Å². The van der Waals surface area contributed by atoms with Crippen molar-refractivity contribution in [3.63, 3.8) is 0 Å². The Morgan fingerprint density at radius 2 is 0.627 bits per heavy atom. The first-order valence-electron chi connectivity index (χ1n) is 34.1. The van der Waals surface area contributed by atoms with Crippen LogP contribution in [0.5, 0.6) is 0 Å². The minimum Gasteiger partial charge on any atom is -0.466 e. The third-order valence-corrected chi connectivity index (χ3v) is 16.0. The van der Waals surface area contributed by atoms with Gasteiger partial charge in [0.1, 0.15) is 0 Å². The maximum absolute atomic E-state index is 12.4. The van der Waals surface area contributed by atoms with E-state index in [9.17, 15) is 19.8 Å². The monoisotopic (exact) mass is 1060 g/mol. The molecule has 0 saturated carbocycles. The first-order chi connectivity index (χ1) is 37.0. The molecule has 0 saturated heterocycles. The second-order valence-corrected chi connectivity index (χ2v) is 23.5. The molecule has 0 aliphatic heterocycles. The quantitative estimate of drug-likeness (QED) is 0.0320. The van der Waals surface area contributed by atoms with E-state index in [1.165, 1.54) is 308 Å². The predicted octanol–water partition coefficient (Wildman–Crippen LogP) is 21.8. The summed E-state index contributed by atoms with van der Waals surface area (Å²) in [5.41, 5.74) is 0. The van der Waals surface area contributed by atoms with E-state index >= 15 is 0 Å². The van der Waals surface area contributed by atoms with Gasteiger partial charge in [0, 0.05) is 12.8 Å². The summed E-state index contributed by atoms with van der Waals surface area (Å²) in [7, 11) is 0. The van der Waals surface area contributed by atoms with E-state index in [-0.39, 0.29) is 18.5 Å². The fourth-order valence-electron chi connectivity index (χ4n) is 10.7. The highest BCUT2D eigenvalue weighted by Crippen LogP contribution is 2.18. The van der Waals surface area contributed by atoms with Crippen molar-refractivity contribution in [1.29, 1.82) is 0 Å². The van der Waals surface area contributed by atoms with E-state index in [1.54, 1.807) is 0 Å². The zero-order valence-electron chi connectivity index (χ0n) is 50.8. The van der Waals surface area contributed by atoms with Gasteiger partial charge >= 0.3 is 5.97 Å². The van der Waals surface area contributed by atoms with Crippen LogP contribution < -0.4 is 5.32 Å². The van der Waals surface area contributed by atoms with Gasteiger partial charge in [0.05, 0.1) is 25.4 Å². The number of hydrogen-bond acceptors (Lipinski definition) is 5. The van der Waals surface area contributed by atoms with Gasteiger partial charge in [0.2, 0.25) is 5.91 Å². The Morgan fingerprint density at radius 1 is 0.360 bits per heavy atom. The number of carbonyl (C=O) groups is 2. The number of nitrogens with one attached hydrogen (secondary N) is 1. The minimum absolute atomic E-state index is 0.0171. The lowest BCUT2D eigenvalue weighted by Gasteiger charge is -2.22. The lowest BCUT2D eigenvalue weighted by atomic mass is 10.0. The summed E-state index contributed by atoms with van der Waals surface area (Å²) in [5, 5.41) is 23.1. The van der Waals surface area contributed by atoms with Gasteiger partial charge in [-0.1, -0.05) is 314 Å². The summed E-state index contributed by atoms with van der Waals surface area (Å²) < 4.78 is 5.51. The van der Waals surface area contributed by atoms with Crippen molar-refractivity contribution >= 4 is 11.9 Å². The van der Waals surface area contributed by atoms with E-state index in [0.717, 1.165) is 38.5 Å². The fourth-order valence-corrected chi connectivity index (χ4v) is 10.7. The van der Waals surface area contributed by atoms with Gasteiger partial charge in [-0.3, -0.25) is 9.59 Å². The fraction of sp³-hybridized carbons (Fsp3) is 0.913. The van der Waals surface area contributed by atoms with E-state index in [0.29, 0.717) is 25.9 Å². The molecule has 0 aliphatic rings. The molecule has 2 atom stereocenters. The van der Waals surface area contributed by atoms with E-state index in [1.807, 2.05) is 0 Å². The molecule has 0 aliphatic carbocycles. The standard InChI is InChI=1S/C69H133NO5/c1-3-5-7-9-11-13-14-15-16-17-30-34-37-40-43-47-51-55-59-63-69(74)75-64-60-56-52-48-44-41-38-35-32-29-27-25-23-21-19-18-20-22-24-26-28-31-33-36-39-42-46-50-54-58-62-68(73)70-66(65-71)67(72)61-57-53-49-45-12-10-8-6-4-2/h15-16,19,21,66-67,71-72H,3-14,17-18,20,22-65H2,1-2H3,(H,70,73)/b16-15-,21-19-. The highest BCUT2D eigenvalue weighted by Gasteiger charge is 2.20. The molecule has 3 N–H and O–H groups in total. The first-order valence-corrected chi connectivity index (χ1v) is 34.1. The number of ether oxygens (including phenoxy) is 1. The van der Waals surface area contributed by atoms with Crippen LogP contribution in [0.25, 0.3) is 0 Å². The Hall–Kier alpha value is -1.66. The van der Waals surface area contributed by atoms with E-state index < -0.39 is 12.1 Å². The molecule has 0 bridgehead atoms. The zero-order valence-corrected chi connectivity index (χ0v) is 50.8. The number of aliphatic hydroxyl groups is 2. The number of rotatable bonds is 64. The normalized spacial score (nSPS) is 12.6. The van der Waals surface area contributed by atoms with Crippen molar-refractivity contribution in [2.45, 2.75) is 392 Å². The van der Waals surface area contributed by atoms with Gasteiger partial charge in [0.25, 0.3) is 0 Å². The predicted molar refractivity (Wildman–Crippen MR) is 329 cm³/mol. The third-order valence-electron chi connectivity index (χ3n) is 16.0. The van der Waals surface area contributed by atoms with Crippen molar-refractivity contribution in [2.24, 2.45) is 0 Å². The van der Waals surface area contributed by atoms with E-state index in [4.69, 9.17) is 4.74 Å². The van der Waals surface area contributed by atoms with E-state index in [2.05, 4.69) is 43.5 Å². The Labute approximate surface area is 469 Å². The molecule has 0 rings (SSSR count). The lowest BCUT2D eigenvalue weighted by Crippen LogP contribution is -2.45. The van der Waals surface area contributed by atoms with Crippen LogP contribution in [0.1, 0.15) is 380 Å². The summed E-state index contributed by atoms with van der Waals surface area (Å²) in [6, 6.07) is -0.538. The highest BCUT2D eigenvalue weighted by molar-refractivity contribution is 5.76. The molecule has 0 aromatic rings. The van der Waals surface area contributed by atoms with Gasteiger partial charge < -0.3 is 20.3 Å². The van der Waals surface area contributed by atoms with Crippen LogP contribution in [-0.4, -0.2) is 47.4 Å². The molecule has 0 spiro atoms. The average Bonchev–Trinajstić information content (AvgIpc) is 3.41. The Bertz CT molecular complexity index is 1170. The van der Waals surface area contributed by atoms with Crippen LogP contribution in [0.15, 0.2) is 24.3 Å². The summed E-state index contributed by atoms with van der Waals surface area (Å²) >= 11 is 0. The topological polar surface area (TPSA) is 95.9 Å². The molecular weight excluding hydrogens is 923 g/mol. The van der Waals surface area contributed by atoms with Gasteiger partial charge in [-0.2, -0.15) is 0 Å². The Kier molecular flexibility index (Phi) is 63.4. The van der Waals surface area contributed by atoms with Crippen LogP contribution >= 0.6 is 0 Å². The maximum atomic E-state index is 12.4. The van der Waals surface area contributed by atoms with Crippen molar-refractivity contribution in [3.05, 3.63) is 24.3 Å². The second-order valence-electron chi connectivity index (χ2n) is 23.5. The van der Waals surface area contributed by atoms with Gasteiger partial charge in [0.15, 0.2) is 0 Å². The number of unbranched alkanes of at least 4 members (excludes halogenated alkanes) is 49. The summed E-state index contributed by atoms with van der Waals surface area (Å²) in [6.45, 7) is 4.95. The number of amides is 1. The van der Waals surface area contributed by atoms with Crippen LogP contribution in [0.2, 0.25) is 0 Å². The summed E-state index contributed by atoms with van der Waals surface area (Å²) in [4.78, 5) is 24.5. The van der Waals surface area contributed by atoms with Crippen LogP contribution in [0.4, 0.5) is 0 Å². The van der Waals surface area contributed by atoms with Crippen LogP contribution in [-0.2, 0) is 14.3 Å². The van der Waals surface area contributed by atoms with Crippen LogP contribution in [0, 0.1) is 0 Å². The van der Waals surface area contributed by atoms with Crippen molar-refractivity contribution < 1.29 is 24.5 Å². The van der Waals surface area contributed by atoms with Crippen molar-refractivity contribution in [3.8, 4) is 0 Å². The molecule has 6 heteroatoms. The third kappa shape index (κ3) is 61.4. The van der Waals surface area contributed by atoms with Gasteiger partial charge in [-0.15, -0.1) is 0 Å². The lowest BCUT2D eigenvalue weighted by molar-refractivity contribution is -0.143. The minimum atomic E-state index is -0.660. The maximum Gasteiger partial charge on any atom is 0.305 e. The SMILES string of the molecule is CCCCCCCC/C=C\CCCCCCCCCCCC(=O)OCCCCCCCCCCCCCC/C=C\CCCCCCCCCCCCCCCCC(=O)NC(CO)C(O)CCCCCCCCCCC. The first kappa shape index (κ1) is 73.3. The summed E-state index contributed by atoms with van der Waals surface area (Å²) in [5.74, 6) is -0.0173. The second kappa shape index (κ2) is 64.9. The molecule has 0 radical (unpaired) electrons. The summed E-state index contributed by atoms with van der Waals surface area (Å²) in [6.07, 6.45) is 80.9. The highest BCUT2D eigenvalue weighted by atomic mass is 16.5. The number of aliphatic hydroxyl groups excluding tert-OH is 2. The number of allylic oxidation sites excluding steroid dienone is 4. The Morgan fingerprint density at radius 3 is 0.947 bits per heavy atom. The molecular formula is C69H133NO5. The number of hydrogen-bond donors (Lipinski definition) is 3. The zero-order chi connectivity index (χ0) is 54.3. The van der Waals surface area contributed by atoms with Crippen LogP contribution in [0.3, 0.4) is 0 Å².